The van der Waals surface area contributed by atoms with Crippen LogP contribution in [0.1, 0.15) is 47.9 Å². The average Bonchev–Trinajstić information content (AvgIpc) is 2.60. The van der Waals surface area contributed by atoms with Gasteiger partial charge in [-0.15, -0.1) is 0 Å². The lowest BCUT2D eigenvalue weighted by Gasteiger charge is -2.25. The van der Waals surface area contributed by atoms with Crippen LogP contribution in [-0.2, 0) is 16.0 Å². The molecular formula is C20H21NO3. The maximum Gasteiger partial charge on any atom is 0.330 e. The summed E-state index contributed by atoms with van der Waals surface area (Å²) in [4.78, 5) is 23.9. The molecule has 0 fully saturated rings. The second-order valence-corrected chi connectivity index (χ2v) is 6.24. The number of aryl methyl sites for hydroxylation is 1. The zero-order valence-corrected chi connectivity index (χ0v) is 13.4. The van der Waals surface area contributed by atoms with Gasteiger partial charge in [0.05, 0.1) is 0 Å². The van der Waals surface area contributed by atoms with Crippen LogP contribution in [0.15, 0.2) is 54.6 Å². The molecule has 0 saturated carbocycles. The highest BCUT2D eigenvalue weighted by Crippen LogP contribution is 2.33. The third kappa shape index (κ3) is 3.65. The van der Waals surface area contributed by atoms with Crippen molar-refractivity contribution in [2.75, 3.05) is 0 Å². The minimum absolute atomic E-state index is 0.167. The highest BCUT2D eigenvalue weighted by molar-refractivity contribution is 5.85. The number of carboxylic acid groups (broad SMARTS) is 1. The number of hydrogen-bond acceptors (Lipinski definition) is 2. The summed E-state index contributed by atoms with van der Waals surface area (Å²) in [5, 5.41) is 12.1. The maximum atomic E-state index is 12.4. The number of hydrogen-bond donors (Lipinski definition) is 2. The highest BCUT2D eigenvalue weighted by atomic mass is 16.4. The molecule has 4 nitrogen and oxygen atoms in total. The Kier molecular flexibility index (Phi) is 4.94. The van der Waals surface area contributed by atoms with Gasteiger partial charge in [-0.1, -0.05) is 54.6 Å². The van der Waals surface area contributed by atoms with Crippen molar-refractivity contribution >= 4 is 11.9 Å². The summed E-state index contributed by atoms with van der Waals surface area (Å²) in [6, 6.07) is 16.0. The second-order valence-electron chi connectivity index (χ2n) is 6.24. The molecule has 1 amide bonds. The first-order valence-corrected chi connectivity index (χ1v) is 8.30. The molecule has 0 aliphatic heterocycles. The van der Waals surface area contributed by atoms with E-state index in [1.807, 2.05) is 18.2 Å². The van der Waals surface area contributed by atoms with E-state index in [1.54, 1.807) is 24.3 Å². The van der Waals surface area contributed by atoms with Gasteiger partial charge in [0.15, 0.2) is 6.04 Å². The second kappa shape index (κ2) is 7.30. The molecule has 0 saturated heterocycles. The molecule has 2 aromatic carbocycles. The van der Waals surface area contributed by atoms with Gasteiger partial charge in [0.1, 0.15) is 0 Å². The first-order chi connectivity index (χ1) is 11.6. The Morgan fingerprint density at radius 2 is 1.79 bits per heavy atom. The van der Waals surface area contributed by atoms with Crippen molar-refractivity contribution in [3.63, 3.8) is 0 Å². The van der Waals surface area contributed by atoms with Gasteiger partial charge in [0, 0.05) is 6.42 Å². The summed E-state index contributed by atoms with van der Waals surface area (Å²) < 4.78 is 0. The van der Waals surface area contributed by atoms with Crippen LogP contribution in [0.25, 0.3) is 0 Å². The zero-order chi connectivity index (χ0) is 16.9. The highest BCUT2D eigenvalue weighted by Gasteiger charge is 2.26. The van der Waals surface area contributed by atoms with E-state index in [0.29, 0.717) is 12.0 Å². The van der Waals surface area contributed by atoms with Gasteiger partial charge in [-0.2, -0.15) is 0 Å². The van der Waals surface area contributed by atoms with Crippen molar-refractivity contribution in [3.05, 3.63) is 71.3 Å². The normalized spacial score (nSPS) is 17.6. The Balaban J connectivity index is 1.70. The van der Waals surface area contributed by atoms with Crippen molar-refractivity contribution in [1.29, 1.82) is 0 Å². The third-order valence-electron chi connectivity index (χ3n) is 4.61. The summed E-state index contributed by atoms with van der Waals surface area (Å²) in [6.07, 6.45) is 3.41. The summed E-state index contributed by atoms with van der Waals surface area (Å²) in [5.41, 5.74) is 3.12. The summed E-state index contributed by atoms with van der Waals surface area (Å²) >= 11 is 0. The molecule has 0 spiro atoms. The molecule has 0 bridgehead atoms. The number of aliphatic carboxylic acids is 1. The number of amides is 1. The lowest BCUT2D eigenvalue weighted by Crippen LogP contribution is -2.34. The van der Waals surface area contributed by atoms with E-state index in [9.17, 15) is 14.7 Å². The van der Waals surface area contributed by atoms with Crippen molar-refractivity contribution in [2.45, 2.75) is 37.6 Å². The van der Waals surface area contributed by atoms with Crippen molar-refractivity contribution in [3.8, 4) is 0 Å². The summed E-state index contributed by atoms with van der Waals surface area (Å²) in [6.45, 7) is 0. The smallest absolute Gasteiger partial charge is 0.330 e. The Hall–Kier alpha value is -2.62. The van der Waals surface area contributed by atoms with E-state index in [2.05, 4.69) is 17.4 Å². The van der Waals surface area contributed by atoms with E-state index in [4.69, 9.17) is 0 Å². The molecule has 4 heteroatoms. The molecule has 1 aliphatic rings. The van der Waals surface area contributed by atoms with E-state index in [-0.39, 0.29) is 11.8 Å². The number of carboxylic acids is 1. The molecule has 2 N–H and O–H groups in total. The van der Waals surface area contributed by atoms with Gasteiger partial charge in [-0.25, -0.2) is 4.79 Å². The van der Waals surface area contributed by atoms with E-state index < -0.39 is 12.0 Å². The predicted molar refractivity (Wildman–Crippen MR) is 91.7 cm³/mol. The third-order valence-corrected chi connectivity index (χ3v) is 4.61. The van der Waals surface area contributed by atoms with E-state index in [0.717, 1.165) is 19.3 Å². The van der Waals surface area contributed by atoms with Crippen LogP contribution in [0.5, 0.6) is 0 Å². The van der Waals surface area contributed by atoms with Crippen LogP contribution in [0.3, 0.4) is 0 Å². The largest absolute Gasteiger partial charge is 0.479 e. The predicted octanol–water partition coefficient (Wildman–Crippen LogP) is 3.44. The first-order valence-electron chi connectivity index (χ1n) is 8.30. The van der Waals surface area contributed by atoms with Crippen LogP contribution in [-0.4, -0.2) is 17.0 Å². The Morgan fingerprint density at radius 3 is 2.54 bits per heavy atom. The maximum absolute atomic E-state index is 12.4. The van der Waals surface area contributed by atoms with Gasteiger partial charge in [-0.3, -0.25) is 4.79 Å². The van der Waals surface area contributed by atoms with Crippen molar-refractivity contribution < 1.29 is 14.7 Å². The minimum Gasteiger partial charge on any atom is -0.479 e. The van der Waals surface area contributed by atoms with Crippen LogP contribution < -0.4 is 5.32 Å². The lowest BCUT2D eigenvalue weighted by atomic mass is 9.81. The number of rotatable bonds is 5. The fourth-order valence-corrected chi connectivity index (χ4v) is 3.44. The first kappa shape index (κ1) is 16.2. The van der Waals surface area contributed by atoms with Gasteiger partial charge >= 0.3 is 5.97 Å². The number of fused-ring (bicyclic) bond motifs is 1. The molecule has 0 radical (unpaired) electrons. The molecule has 24 heavy (non-hydrogen) atoms. The van der Waals surface area contributed by atoms with E-state index >= 15 is 0 Å². The molecule has 124 valence electrons. The Labute approximate surface area is 141 Å². The molecule has 2 aromatic rings. The van der Waals surface area contributed by atoms with Gasteiger partial charge in [0.2, 0.25) is 5.91 Å². The van der Waals surface area contributed by atoms with Crippen LogP contribution in [0.2, 0.25) is 0 Å². The molecule has 0 aromatic heterocycles. The van der Waals surface area contributed by atoms with E-state index in [1.165, 1.54) is 11.1 Å². The SMILES string of the molecule is O=C(CC1CCCc2ccccc21)N[C@H](C(=O)O)c1ccccc1. The van der Waals surface area contributed by atoms with Crippen LogP contribution in [0, 0.1) is 0 Å². The van der Waals surface area contributed by atoms with Gasteiger partial charge in [0.25, 0.3) is 0 Å². The van der Waals surface area contributed by atoms with Crippen LogP contribution in [0.4, 0.5) is 0 Å². The quantitative estimate of drug-likeness (QED) is 0.886. The fraction of sp³-hybridized carbons (Fsp3) is 0.300. The molecule has 1 unspecified atom stereocenters. The molecule has 0 heterocycles. The zero-order valence-electron chi connectivity index (χ0n) is 13.4. The number of carbonyl (C=O) groups is 2. The molecule has 1 aliphatic carbocycles. The molecule has 3 rings (SSSR count). The Morgan fingerprint density at radius 1 is 1.08 bits per heavy atom. The van der Waals surface area contributed by atoms with Gasteiger partial charge in [-0.05, 0) is 41.9 Å². The molecule has 2 atom stereocenters. The summed E-state index contributed by atoms with van der Waals surface area (Å²) in [7, 11) is 0. The topological polar surface area (TPSA) is 66.4 Å². The standard InChI is InChI=1S/C20H21NO3/c22-18(21-19(20(23)24)15-8-2-1-3-9-15)13-16-11-6-10-14-7-4-5-12-17(14)16/h1-5,7-9,12,16,19H,6,10-11,13H2,(H,21,22)(H,23,24)/t16?,19-/m0/s1. The van der Waals surface area contributed by atoms with Crippen LogP contribution >= 0.6 is 0 Å². The number of carbonyl (C=O) groups excluding carboxylic acids is 1. The minimum atomic E-state index is -1.04. The monoisotopic (exact) mass is 323 g/mol. The molecular weight excluding hydrogens is 302 g/mol. The fourth-order valence-electron chi connectivity index (χ4n) is 3.44. The lowest BCUT2D eigenvalue weighted by molar-refractivity contribution is -0.142. The number of benzene rings is 2. The Bertz CT molecular complexity index is 727. The van der Waals surface area contributed by atoms with Gasteiger partial charge < -0.3 is 10.4 Å². The van der Waals surface area contributed by atoms with Crippen molar-refractivity contribution in [1.82, 2.24) is 5.32 Å². The summed E-state index contributed by atoms with van der Waals surface area (Å²) in [5.74, 6) is -1.09. The number of nitrogens with one attached hydrogen (secondary N) is 1. The van der Waals surface area contributed by atoms with Crippen molar-refractivity contribution in [2.24, 2.45) is 0 Å². The average molecular weight is 323 g/mol.